The number of hydrogen-bond donors (Lipinski definition) is 2. The lowest BCUT2D eigenvalue weighted by molar-refractivity contribution is 0.264. The monoisotopic (exact) mass is 247 g/mol. The van der Waals surface area contributed by atoms with Crippen LogP contribution in [-0.4, -0.2) is 41.4 Å². The molecule has 0 unspecified atom stereocenters. The lowest BCUT2D eigenvalue weighted by Crippen LogP contribution is -2.36. The molecule has 18 heavy (non-hydrogen) atoms. The molecule has 1 fully saturated rings. The molecule has 0 amide bonds. The number of nitrogen functional groups attached to an aromatic ring is 1. The smallest absolute Gasteiger partial charge is 0.160 e. The number of nitrogens with two attached hydrogens (primary N) is 1. The van der Waals surface area contributed by atoms with Crippen LogP contribution in [0.2, 0.25) is 0 Å². The Balaban J connectivity index is 1.82. The molecule has 6 nitrogen and oxygen atoms in total. The Labute approximate surface area is 105 Å². The summed E-state index contributed by atoms with van der Waals surface area (Å²) < 4.78 is 4.76. The Hall–Kier alpha value is -1.82. The Morgan fingerprint density at radius 1 is 1.28 bits per heavy atom. The third-order valence-corrected chi connectivity index (χ3v) is 3.52. The Kier molecular flexibility index (Phi) is 2.79. The Bertz CT molecular complexity index is 544. The fraction of sp³-hybridized carbons (Fsp3) is 0.500. The second-order valence-electron chi connectivity index (χ2n) is 4.89. The maximum Gasteiger partial charge on any atom is 0.160 e. The number of anilines is 2. The first-order valence-electron chi connectivity index (χ1n) is 6.20. The zero-order chi connectivity index (χ0) is 12.5. The highest BCUT2D eigenvalue weighted by molar-refractivity contribution is 5.95. The van der Waals surface area contributed by atoms with Gasteiger partial charge in [0.25, 0.3) is 0 Å². The SMILES string of the molecule is CN1CCC(Nc2ccc(N)c3nonc23)CC1. The second-order valence-corrected chi connectivity index (χ2v) is 4.89. The van der Waals surface area contributed by atoms with Gasteiger partial charge in [0, 0.05) is 6.04 Å². The standard InChI is InChI=1S/C12H17N5O/c1-17-6-4-8(5-7-17)14-10-3-2-9(13)11-12(10)16-18-15-11/h2-3,8,14H,4-7,13H2,1H3. The molecule has 0 bridgehead atoms. The first-order valence-corrected chi connectivity index (χ1v) is 6.20. The van der Waals surface area contributed by atoms with Crippen LogP contribution in [0.3, 0.4) is 0 Å². The summed E-state index contributed by atoms with van der Waals surface area (Å²) in [6.07, 6.45) is 2.27. The van der Waals surface area contributed by atoms with Crippen molar-refractivity contribution < 1.29 is 4.63 Å². The number of piperidine rings is 1. The predicted octanol–water partition coefficient (Wildman–Crippen LogP) is 1.31. The van der Waals surface area contributed by atoms with Crippen molar-refractivity contribution in [3.05, 3.63) is 12.1 Å². The van der Waals surface area contributed by atoms with Crippen LogP contribution in [0.1, 0.15) is 12.8 Å². The van der Waals surface area contributed by atoms with Gasteiger partial charge in [0.05, 0.1) is 11.4 Å². The number of hydrogen-bond acceptors (Lipinski definition) is 6. The van der Waals surface area contributed by atoms with Crippen LogP contribution < -0.4 is 11.1 Å². The van der Waals surface area contributed by atoms with Gasteiger partial charge in [0.1, 0.15) is 0 Å². The summed E-state index contributed by atoms with van der Waals surface area (Å²) in [5, 5.41) is 11.3. The van der Waals surface area contributed by atoms with Gasteiger partial charge in [-0.25, -0.2) is 4.63 Å². The van der Waals surface area contributed by atoms with E-state index in [4.69, 9.17) is 10.4 Å². The summed E-state index contributed by atoms with van der Waals surface area (Å²) in [5.41, 5.74) is 8.72. The summed E-state index contributed by atoms with van der Waals surface area (Å²) in [6, 6.07) is 4.26. The van der Waals surface area contributed by atoms with Crippen molar-refractivity contribution in [3.8, 4) is 0 Å². The predicted molar refractivity (Wildman–Crippen MR) is 70.4 cm³/mol. The van der Waals surface area contributed by atoms with Crippen molar-refractivity contribution in [2.24, 2.45) is 0 Å². The summed E-state index contributed by atoms with van der Waals surface area (Å²) in [7, 11) is 2.15. The molecular formula is C12H17N5O. The van der Waals surface area contributed by atoms with Gasteiger partial charge in [-0.1, -0.05) is 0 Å². The molecule has 3 rings (SSSR count). The average Bonchev–Trinajstić information content (AvgIpc) is 2.86. The molecule has 3 N–H and O–H groups in total. The minimum Gasteiger partial charge on any atom is -0.397 e. The highest BCUT2D eigenvalue weighted by Crippen LogP contribution is 2.26. The normalized spacial score (nSPS) is 18.3. The second kappa shape index (κ2) is 4.45. The molecule has 2 aromatic rings. The summed E-state index contributed by atoms with van der Waals surface area (Å²) in [4.78, 5) is 2.34. The molecule has 0 aliphatic carbocycles. The third-order valence-electron chi connectivity index (χ3n) is 3.52. The van der Waals surface area contributed by atoms with E-state index in [0.717, 1.165) is 31.6 Å². The molecule has 1 aliphatic heterocycles. The topological polar surface area (TPSA) is 80.2 Å². The molecule has 0 spiro atoms. The van der Waals surface area contributed by atoms with Gasteiger partial charge in [-0.3, -0.25) is 0 Å². The van der Waals surface area contributed by atoms with Crippen molar-refractivity contribution in [3.63, 3.8) is 0 Å². The van der Waals surface area contributed by atoms with Crippen molar-refractivity contribution >= 4 is 22.4 Å². The molecule has 1 aliphatic rings. The van der Waals surface area contributed by atoms with Gasteiger partial charge in [-0.15, -0.1) is 0 Å². The van der Waals surface area contributed by atoms with Gasteiger partial charge in [0.2, 0.25) is 0 Å². The van der Waals surface area contributed by atoms with Crippen LogP contribution >= 0.6 is 0 Å². The first kappa shape index (κ1) is 11.3. The van der Waals surface area contributed by atoms with E-state index >= 15 is 0 Å². The van der Waals surface area contributed by atoms with Gasteiger partial charge in [-0.05, 0) is 55.4 Å². The zero-order valence-electron chi connectivity index (χ0n) is 10.4. The third kappa shape index (κ3) is 1.99. The van der Waals surface area contributed by atoms with Crippen LogP contribution in [0.5, 0.6) is 0 Å². The molecule has 1 aromatic heterocycles. The molecule has 96 valence electrons. The molecule has 0 atom stereocenters. The van der Waals surface area contributed by atoms with Crippen LogP contribution in [0.4, 0.5) is 11.4 Å². The van der Waals surface area contributed by atoms with Gasteiger partial charge >= 0.3 is 0 Å². The van der Waals surface area contributed by atoms with Gasteiger partial charge in [-0.2, -0.15) is 0 Å². The van der Waals surface area contributed by atoms with Crippen molar-refractivity contribution in [1.82, 2.24) is 15.2 Å². The minimum atomic E-state index is 0.477. The van der Waals surface area contributed by atoms with Crippen LogP contribution in [0.25, 0.3) is 11.0 Å². The first-order chi connectivity index (χ1) is 8.74. The molecule has 0 radical (unpaired) electrons. The molecule has 0 saturated carbocycles. The van der Waals surface area contributed by atoms with E-state index in [1.165, 1.54) is 0 Å². The van der Waals surface area contributed by atoms with E-state index < -0.39 is 0 Å². The van der Waals surface area contributed by atoms with E-state index in [9.17, 15) is 0 Å². The lowest BCUT2D eigenvalue weighted by Gasteiger charge is -2.30. The van der Waals surface area contributed by atoms with Crippen molar-refractivity contribution in [2.45, 2.75) is 18.9 Å². The zero-order valence-corrected chi connectivity index (χ0v) is 10.4. The van der Waals surface area contributed by atoms with Crippen LogP contribution in [0.15, 0.2) is 16.8 Å². The Morgan fingerprint density at radius 2 is 2.00 bits per heavy atom. The van der Waals surface area contributed by atoms with Crippen LogP contribution in [0, 0.1) is 0 Å². The quantitative estimate of drug-likeness (QED) is 0.779. The maximum atomic E-state index is 5.82. The molecular weight excluding hydrogens is 230 g/mol. The molecule has 2 heterocycles. The average molecular weight is 247 g/mol. The minimum absolute atomic E-state index is 0.477. The largest absolute Gasteiger partial charge is 0.397 e. The highest BCUT2D eigenvalue weighted by atomic mass is 16.6. The van der Waals surface area contributed by atoms with Crippen LogP contribution in [-0.2, 0) is 0 Å². The number of benzene rings is 1. The Morgan fingerprint density at radius 3 is 2.78 bits per heavy atom. The summed E-state index contributed by atoms with van der Waals surface area (Å²) in [6.45, 7) is 2.24. The fourth-order valence-electron chi connectivity index (χ4n) is 2.37. The van der Waals surface area contributed by atoms with Gasteiger partial charge < -0.3 is 16.0 Å². The van der Waals surface area contributed by atoms with E-state index in [-0.39, 0.29) is 0 Å². The van der Waals surface area contributed by atoms with E-state index in [2.05, 4.69) is 27.6 Å². The van der Waals surface area contributed by atoms with E-state index in [0.29, 0.717) is 22.8 Å². The fourth-order valence-corrected chi connectivity index (χ4v) is 2.37. The number of nitrogens with one attached hydrogen (secondary N) is 1. The molecule has 6 heteroatoms. The number of aromatic nitrogens is 2. The highest BCUT2D eigenvalue weighted by Gasteiger charge is 2.18. The number of nitrogens with zero attached hydrogens (tertiary/aromatic N) is 3. The van der Waals surface area contributed by atoms with E-state index in [1.807, 2.05) is 12.1 Å². The van der Waals surface area contributed by atoms with Crippen molar-refractivity contribution in [2.75, 3.05) is 31.2 Å². The molecule has 1 saturated heterocycles. The van der Waals surface area contributed by atoms with Crippen molar-refractivity contribution in [1.29, 1.82) is 0 Å². The molecule has 1 aromatic carbocycles. The maximum absolute atomic E-state index is 5.82. The number of likely N-dealkylation sites (tertiary alicyclic amines) is 1. The summed E-state index contributed by atoms with van der Waals surface area (Å²) >= 11 is 0. The van der Waals surface area contributed by atoms with Gasteiger partial charge in [0.15, 0.2) is 11.0 Å². The summed E-state index contributed by atoms with van der Waals surface area (Å²) in [5.74, 6) is 0. The number of rotatable bonds is 2. The lowest BCUT2D eigenvalue weighted by atomic mass is 10.0. The number of fused-ring (bicyclic) bond motifs is 1. The van der Waals surface area contributed by atoms with E-state index in [1.54, 1.807) is 0 Å².